The van der Waals surface area contributed by atoms with Crippen molar-refractivity contribution in [2.45, 2.75) is 51.3 Å². The number of aliphatic hydroxyl groups excluding tert-OH is 1. The Balaban J connectivity index is 1.83. The van der Waals surface area contributed by atoms with Crippen LogP contribution in [0, 0.1) is 0 Å². The van der Waals surface area contributed by atoms with E-state index in [1.807, 2.05) is 0 Å². The Morgan fingerprint density at radius 2 is 2.28 bits per heavy atom. The molecule has 1 saturated carbocycles. The van der Waals surface area contributed by atoms with Gasteiger partial charge in [0.05, 0.1) is 24.5 Å². The molecule has 0 aromatic carbocycles. The highest BCUT2D eigenvalue weighted by Gasteiger charge is 2.23. The number of likely N-dealkylation sites (N-methyl/N-ethyl adjacent to an activating group) is 1. The zero-order valence-electron chi connectivity index (χ0n) is 11.1. The lowest BCUT2D eigenvalue weighted by molar-refractivity contribution is 0.0770. The number of rotatable bonds is 6. The van der Waals surface area contributed by atoms with Gasteiger partial charge in [-0.1, -0.05) is 19.8 Å². The van der Waals surface area contributed by atoms with E-state index in [4.69, 9.17) is 5.73 Å². The summed E-state index contributed by atoms with van der Waals surface area (Å²) in [7, 11) is 0. The van der Waals surface area contributed by atoms with Crippen molar-refractivity contribution < 1.29 is 5.11 Å². The lowest BCUT2D eigenvalue weighted by Crippen LogP contribution is -2.40. The van der Waals surface area contributed by atoms with Crippen LogP contribution in [0.1, 0.15) is 32.6 Å². The van der Waals surface area contributed by atoms with Crippen molar-refractivity contribution in [2.24, 2.45) is 0 Å². The average Bonchev–Trinajstić information content (AvgIpc) is 2.98. The third-order valence-corrected chi connectivity index (χ3v) is 3.74. The maximum Gasteiger partial charge on any atom is 0.0862 e. The molecular weight excluding hydrogens is 228 g/mol. The predicted octanol–water partition coefficient (Wildman–Crippen LogP) is 1.09. The lowest BCUT2D eigenvalue weighted by atomic mass is 10.2. The first-order chi connectivity index (χ1) is 8.69. The van der Waals surface area contributed by atoms with E-state index < -0.39 is 0 Å². The van der Waals surface area contributed by atoms with Gasteiger partial charge in [-0.25, -0.2) is 0 Å². The van der Waals surface area contributed by atoms with E-state index in [1.165, 1.54) is 25.7 Å². The molecule has 0 saturated heterocycles. The minimum absolute atomic E-state index is 0.384. The van der Waals surface area contributed by atoms with Crippen molar-refractivity contribution in [2.75, 3.05) is 18.8 Å². The molecule has 1 aromatic rings. The largest absolute Gasteiger partial charge is 0.396 e. The Labute approximate surface area is 109 Å². The van der Waals surface area contributed by atoms with Crippen molar-refractivity contribution in [3.05, 3.63) is 12.4 Å². The summed E-state index contributed by atoms with van der Waals surface area (Å²) >= 11 is 0. The van der Waals surface area contributed by atoms with Gasteiger partial charge in [0.15, 0.2) is 0 Å². The molecule has 0 radical (unpaired) electrons. The molecule has 5 heteroatoms. The molecular formula is C13H24N4O. The summed E-state index contributed by atoms with van der Waals surface area (Å²) in [4.78, 5) is 2.39. The molecule has 0 spiro atoms. The van der Waals surface area contributed by atoms with Gasteiger partial charge in [0.2, 0.25) is 0 Å². The quantitative estimate of drug-likeness (QED) is 0.795. The van der Waals surface area contributed by atoms with Crippen LogP contribution in [0.3, 0.4) is 0 Å². The van der Waals surface area contributed by atoms with Gasteiger partial charge in [0.25, 0.3) is 0 Å². The molecule has 0 aliphatic heterocycles. The number of nitrogen functional groups attached to an aromatic ring is 1. The van der Waals surface area contributed by atoms with Gasteiger partial charge in [-0.15, -0.1) is 0 Å². The molecule has 1 atom stereocenters. The summed E-state index contributed by atoms with van der Waals surface area (Å²) in [6, 6.07) is 0.660. The van der Waals surface area contributed by atoms with Gasteiger partial charge in [-0.2, -0.15) is 5.10 Å². The molecule has 18 heavy (non-hydrogen) atoms. The van der Waals surface area contributed by atoms with Crippen molar-refractivity contribution in [3.8, 4) is 0 Å². The van der Waals surface area contributed by atoms with Crippen LogP contribution in [0.15, 0.2) is 12.4 Å². The molecule has 0 amide bonds. The molecule has 1 aliphatic carbocycles. The minimum Gasteiger partial charge on any atom is -0.396 e. The second-order valence-corrected chi connectivity index (χ2v) is 5.18. The molecule has 1 aliphatic rings. The Morgan fingerprint density at radius 1 is 1.56 bits per heavy atom. The lowest BCUT2D eigenvalue weighted by Gasteiger charge is -2.29. The van der Waals surface area contributed by atoms with E-state index in [1.54, 1.807) is 17.1 Å². The number of hydrogen-bond donors (Lipinski definition) is 2. The zero-order chi connectivity index (χ0) is 13.0. The van der Waals surface area contributed by atoms with Gasteiger partial charge < -0.3 is 10.8 Å². The highest BCUT2D eigenvalue weighted by atomic mass is 16.3. The second kappa shape index (κ2) is 6.20. The van der Waals surface area contributed by atoms with E-state index in [-0.39, 0.29) is 6.10 Å². The van der Waals surface area contributed by atoms with E-state index in [2.05, 4.69) is 16.9 Å². The molecule has 2 rings (SSSR count). The van der Waals surface area contributed by atoms with E-state index in [0.29, 0.717) is 18.3 Å². The van der Waals surface area contributed by atoms with Crippen LogP contribution in [0.4, 0.5) is 5.69 Å². The Kier molecular flexibility index (Phi) is 4.60. The first-order valence-electron chi connectivity index (χ1n) is 6.89. The highest BCUT2D eigenvalue weighted by molar-refractivity contribution is 5.30. The maximum atomic E-state index is 10.1. The number of hydrogen-bond acceptors (Lipinski definition) is 4. The number of anilines is 1. The van der Waals surface area contributed by atoms with Crippen LogP contribution in [0.25, 0.3) is 0 Å². The minimum atomic E-state index is -0.384. The Hall–Kier alpha value is -1.07. The average molecular weight is 252 g/mol. The smallest absolute Gasteiger partial charge is 0.0862 e. The van der Waals surface area contributed by atoms with E-state index >= 15 is 0 Å². The maximum absolute atomic E-state index is 10.1. The number of aromatic nitrogens is 2. The molecule has 3 N–H and O–H groups in total. The van der Waals surface area contributed by atoms with Gasteiger partial charge >= 0.3 is 0 Å². The van der Waals surface area contributed by atoms with Gasteiger partial charge in [-0.3, -0.25) is 9.58 Å². The molecule has 0 bridgehead atoms. The van der Waals surface area contributed by atoms with Gasteiger partial charge in [0, 0.05) is 18.8 Å². The van der Waals surface area contributed by atoms with Gasteiger partial charge in [0.1, 0.15) is 0 Å². The fraction of sp³-hybridized carbons (Fsp3) is 0.769. The van der Waals surface area contributed by atoms with Crippen LogP contribution < -0.4 is 5.73 Å². The summed E-state index contributed by atoms with van der Waals surface area (Å²) in [5, 5.41) is 14.2. The van der Waals surface area contributed by atoms with Crippen LogP contribution >= 0.6 is 0 Å². The van der Waals surface area contributed by atoms with E-state index in [0.717, 1.165) is 13.1 Å². The summed E-state index contributed by atoms with van der Waals surface area (Å²) in [6.45, 7) is 4.40. The van der Waals surface area contributed by atoms with Crippen molar-refractivity contribution >= 4 is 5.69 Å². The second-order valence-electron chi connectivity index (χ2n) is 5.18. The molecule has 1 unspecified atom stereocenters. The number of nitrogens with zero attached hydrogens (tertiary/aromatic N) is 3. The topological polar surface area (TPSA) is 67.3 Å². The summed E-state index contributed by atoms with van der Waals surface area (Å²) < 4.78 is 1.71. The van der Waals surface area contributed by atoms with Crippen LogP contribution in [0.5, 0.6) is 0 Å². The van der Waals surface area contributed by atoms with Crippen molar-refractivity contribution in [1.82, 2.24) is 14.7 Å². The van der Waals surface area contributed by atoms with Crippen molar-refractivity contribution in [3.63, 3.8) is 0 Å². The van der Waals surface area contributed by atoms with E-state index in [9.17, 15) is 5.11 Å². The first-order valence-corrected chi connectivity index (χ1v) is 6.89. The summed E-state index contributed by atoms with van der Waals surface area (Å²) in [5.74, 6) is 0. The monoisotopic (exact) mass is 252 g/mol. The summed E-state index contributed by atoms with van der Waals surface area (Å²) in [6.07, 6.45) is 8.19. The Bertz CT molecular complexity index is 360. The molecule has 1 fully saturated rings. The highest BCUT2D eigenvalue weighted by Crippen LogP contribution is 2.23. The normalized spacial score (nSPS) is 18.6. The third-order valence-electron chi connectivity index (χ3n) is 3.74. The summed E-state index contributed by atoms with van der Waals surface area (Å²) in [5.41, 5.74) is 6.25. The van der Waals surface area contributed by atoms with Crippen LogP contribution in [-0.2, 0) is 6.54 Å². The zero-order valence-corrected chi connectivity index (χ0v) is 11.1. The molecule has 1 aromatic heterocycles. The molecule has 5 nitrogen and oxygen atoms in total. The first kappa shape index (κ1) is 13.4. The SMILES string of the molecule is CCN(CC(O)Cn1cc(N)cn1)C1CCCC1. The Morgan fingerprint density at radius 3 is 2.83 bits per heavy atom. The van der Waals surface area contributed by atoms with Gasteiger partial charge in [-0.05, 0) is 19.4 Å². The van der Waals surface area contributed by atoms with Crippen LogP contribution in [-0.4, -0.2) is 45.0 Å². The molecule has 1 heterocycles. The number of aliphatic hydroxyl groups is 1. The van der Waals surface area contributed by atoms with Crippen molar-refractivity contribution in [1.29, 1.82) is 0 Å². The number of nitrogens with two attached hydrogens (primary N) is 1. The standard InChI is InChI=1S/C13H24N4O/c1-2-16(12-5-3-4-6-12)9-13(18)10-17-8-11(14)7-15-17/h7-8,12-13,18H,2-6,9-10,14H2,1H3. The fourth-order valence-corrected chi connectivity index (χ4v) is 2.83. The fourth-order valence-electron chi connectivity index (χ4n) is 2.83. The third kappa shape index (κ3) is 3.46. The molecule has 102 valence electrons. The predicted molar refractivity (Wildman–Crippen MR) is 72.1 cm³/mol. The van der Waals surface area contributed by atoms with Crippen LogP contribution in [0.2, 0.25) is 0 Å².